The molecule has 3 N–H and O–H groups in total. The second-order valence-corrected chi connectivity index (χ2v) is 13.2. The van der Waals surface area contributed by atoms with Crippen molar-refractivity contribution in [3.05, 3.63) is 48.0 Å². The molecule has 2 aliphatic rings. The summed E-state index contributed by atoms with van der Waals surface area (Å²) in [6, 6.07) is 13.3. The van der Waals surface area contributed by atoms with Crippen LogP contribution in [0.3, 0.4) is 0 Å². The number of nitrogens with zero attached hydrogens (tertiary/aromatic N) is 2. The highest BCUT2D eigenvalue weighted by Gasteiger charge is 2.24. The summed E-state index contributed by atoms with van der Waals surface area (Å²) in [5.74, 6) is 1.74. The molecule has 4 rings (SSSR count). The molecule has 1 aliphatic heterocycles. The van der Waals surface area contributed by atoms with Crippen LogP contribution < -0.4 is 20.3 Å². The standard InChI is InChI=1S/C27H38N4O3S2/c1-30(36(2,33)34)26-18-23(31-16-15-21(28)19-31)11-14-25(26)27(32)29-22-9-12-24(13-10-22)35-17-4-3-6-20-7-5-8-20/h9-14,18,20-21H,3-8,15-17,19,28H2,1-2H3,(H,29,32)/t21-/m1/s1. The molecule has 2 aromatic carbocycles. The van der Waals surface area contributed by atoms with Crippen molar-refractivity contribution in [1.82, 2.24) is 0 Å². The van der Waals surface area contributed by atoms with Crippen LogP contribution in [0.4, 0.5) is 17.1 Å². The van der Waals surface area contributed by atoms with Gasteiger partial charge in [0.1, 0.15) is 0 Å². The molecule has 0 aromatic heterocycles. The van der Waals surface area contributed by atoms with E-state index in [2.05, 4.69) is 10.2 Å². The molecule has 1 aliphatic carbocycles. The summed E-state index contributed by atoms with van der Waals surface area (Å²) in [7, 11) is -2.08. The van der Waals surface area contributed by atoms with Crippen LogP contribution in [-0.2, 0) is 10.0 Å². The second kappa shape index (κ2) is 11.9. The number of nitrogens with one attached hydrogen (secondary N) is 1. The lowest BCUT2D eigenvalue weighted by Crippen LogP contribution is -2.29. The fourth-order valence-corrected chi connectivity index (χ4v) is 6.13. The average molecular weight is 531 g/mol. The van der Waals surface area contributed by atoms with E-state index >= 15 is 0 Å². The highest BCUT2D eigenvalue weighted by atomic mass is 32.2. The third kappa shape index (κ3) is 6.95. The molecule has 196 valence electrons. The van der Waals surface area contributed by atoms with Gasteiger partial charge in [0, 0.05) is 42.4 Å². The first-order chi connectivity index (χ1) is 17.2. The fraction of sp³-hybridized carbons (Fsp3) is 0.519. The summed E-state index contributed by atoms with van der Waals surface area (Å²) in [6.07, 6.45) is 10.2. The van der Waals surface area contributed by atoms with Crippen LogP contribution in [0, 0.1) is 5.92 Å². The monoisotopic (exact) mass is 530 g/mol. The van der Waals surface area contributed by atoms with E-state index in [0.29, 0.717) is 23.5 Å². The molecule has 36 heavy (non-hydrogen) atoms. The number of thioether (sulfide) groups is 1. The summed E-state index contributed by atoms with van der Waals surface area (Å²) in [5, 5.41) is 2.93. The van der Waals surface area contributed by atoms with Crippen LogP contribution in [-0.4, -0.2) is 52.5 Å². The van der Waals surface area contributed by atoms with Crippen LogP contribution in [0.15, 0.2) is 47.4 Å². The van der Waals surface area contributed by atoms with Crippen LogP contribution >= 0.6 is 11.8 Å². The number of anilines is 3. The molecule has 2 fully saturated rings. The zero-order valence-electron chi connectivity index (χ0n) is 21.3. The lowest BCUT2D eigenvalue weighted by molar-refractivity contribution is 0.102. The largest absolute Gasteiger partial charge is 0.370 e. The van der Waals surface area contributed by atoms with E-state index in [1.54, 1.807) is 12.1 Å². The van der Waals surface area contributed by atoms with Gasteiger partial charge in [0.15, 0.2) is 0 Å². The van der Waals surface area contributed by atoms with Gasteiger partial charge >= 0.3 is 0 Å². The van der Waals surface area contributed by atoms with Gasteiger partial charge < -0.3 is 16.0 Å². The summed E-state index contributed by atoms with van der Waals surface area (Å²) >= 11 is 1.84. The van der Waals surface area contributed by atoms with E-state index in [-0.39, 0.29) is 11.9 Å². The highest BCUT2D eigenvalue weighted by molar-refractivity contribution is 7.99. The van der Waals surface area contributed by atoms with E-state index in [9.17, 15) is 13.2 Å². The predicted molar refractivity (Wildman–Crippen MR) is 151 cm³/mol. The van der Waals surface area contributed by atoms with Crippen molar-refractivity contribution in [2.24, 2.45) is 11.7 Å². The molecule has 0 radical (unpaired) electrons. The van der Waals surface area contributed by atoms with Crippen LogP contribution in [0.25, 0.3) is 0 Å². The summed E-state index contributed by atoms with van der Waals surface area (Å²) in [5.41, 5.74) is 8.24. The van der Waals surface area contributed by atoms with Gasteiger partial charge in [-0.25, -0.2) is 8.42 Å². The number of rotatable bonds is 11. The quantitative estimate of drug-likeness (QED) is 0.316. The van der Waals surface area contributed by atoms with Crippen molar-refractivity contribution in [2.45, 2.75) is 55.9 Å². The van der Waals surface area contributed by atoms with Crippen molar-refractivity contribution < 1.29 is 13.2 Å². The Hall–Kier alpha value is -2.23. The Morgan fingerprint density at radius 2 is 1.89 bits per heavy atom. The zero-order chi connectivity index (χ0) is 25.7. The Labute approximate surface area is 219 Å². The molecular weight excluding hydrogens is 492 g/mol. The Morgan fingerprint density at radius 3 is 2.50 bits per heavy atom. The summed E-state index contributed by atoms with van der Waals surface area (Å²) in [4.78, 5) is 16.5. The van der Waals surface area contributed by atoms with E-state index in [4.69, 9.17) is 5.73 Å². The van der Waals surface area contributed by atoms with E-state index in [1.807, 2.05) is 42.1 Å². The molecule has 0 spiro atoms. The maximum Gasteiger partial charge on any atom is 0.257 e. The van der Waals surface area contributed by atoms with Crippen molar-refractivity contribution in [3.8, 4) is 0 Å². The number of amides is 1. The van der Waals surface area contributed by atoms with Gasteiger partial charge in [-0.3, -0.25) is 9.10 Å². The molecule has 1 heterocycles. The first-order valence-corrected chi connectivity index (χ1v) is 15.7. The number of benzene rings is 2. The van der Waals surface area contributed by atoms with Crippen molar-refractivity contribution in [1.29, 1.82) is 0 Å². The molecule has 1 atom stereocenters. The Bertz CT molecular complexity index is 1150. The van der Waals surface area contributed by atoms with Crippen molar-refractivity contribution >= 4 is 44.8 Å². The molecule has 0 bridgehead atoms. The smallest absolute Gasteiger partial charge is 0.257 e. The fourth-order valence-electron chi connectivity index (χ4n) is 4.71. The van der Waals surface area contributed by atoms with Gasteiger partial charge in [0.2, 0.25) is 10.0 Å². The maximum absolute atomic E-state index is 13.2. The van der Waals surface area contributed by atoms with E-state index < -0.39 is 10.0 Å². The Balaban J connectivity index is 1.39. The molecule has 9 heteroatoms. The van der Waals surface area contributed by atoms with Crippen LogP contribution in [0.2, 0.25) is 0 Å². The van der Waals surface area contributed by atoms with Gasteiger partial charge in [-0.15, -0.1) is 11.8 Å². The highest BCUT2D eigenvalue weighted by Crippen LogP contribution is 2.32. The first-order valence-electron chi connectivity index (χ1n) is 12.8. The molecule has 1 saturated carbocycles. The molecular formula is C27H38N4O3S2. The molecule has 0 unspecified atom stereocenters. The molecule has 2 aromatic rings. The van der Waals surface area contributed by atoms with Gasteiger partial charge in [-0.2, -0.15) is 0 Å². The number of nitrogens with two attached hydrogens (primary N) is 1. The molecule has 1 amide bonds. The minimum Gasteiger partial charge on any atom is -0.370 e. The van der Waals surface area contributed by atoms with Crippen molar-refractivity contribution in [3.63, 3.8) is 0 Å². The minimum absolute atomic E-state index is 0.0949. The van der Waals surface area contributed by atoms with Crippen molar-refractivity contribution in [2.75, 3.05) is 46.7 Å². The maximum atomic E-state index is 13.2. The van der Waals surface area contributed by atoms with Crippen LogP contribution in [0.1, 0.15) is 55.3 Å². The zero-order valence-corrected chi connectivity index (χ0v) is 22.9. The topological polar surface area (TPSA) is 95.7 Å². The Morgan fingerprint density at radius 1 is 1.14 bits per heavy atom. The number of carbonyl (C=O) groups is 1. The van der Waals surface area contributed by atoms with E-state index in [1.165, 1.54) is 50.5 Å². The SMILES string of the molecule is CN(c1cc(N2CC[C@@H](N)C2)ccc1C(=O)Nc1ccc(SCCCCC2CCC2)cc1)S(C)(=O)=O. The normalized spacial score (nSPS) is 18.2. The number of unbranched alkanes of at least 4 members (excludes halogenated alkanes) is 1. The Kier molecular flexibility index (Phi) is 8.85. The molecule has 7 nitrogen and oxygen atoms in total. The van der Waals surface area contributed by atoms with Gasteiger partial charge in [-0.1, -0.05) is 32.1 Å². The average Bonchev–Trinajstić information content (AvgIpc) is 3.26. The third-order valence-electron chi connectivity index (χ3n) is 7.26. The number of hydrogen-bond donors (Lipinski definition) is 2. The lowest BCUT2D eigenvalue weighted by atomic mass is 9.82. The number of carbonyl (C=O) groups excluding carboxylic acids is 1. The van der Waals surface area contributed by atoms with Gasteiger partial charge in [0.25, 0.3) is 5.91 Å². The molecule has 1 saturated heterocycles. The number of sulfonamides is 1. The third-order valence-corrected chi connectivity index (χ3v) is 9.55. The van der Waals surface area contributed by atoms with Crippen LogP contribution in [0.5, 0.6) is 0 Å². The van der Waals surface area contributed by atoms with E-state index in [0.717, 1.165) is 40.9 Å². The summed E-state index contributed by atoms with van der Waals surface area (Å²) in [6.45, 7) is 1.51. The second-order valence-electron chi connectivity index (χ2n) is 10.0. The predicted octanol–water partition coefficient (Wildman–Crippen LogP) is 4.93. The number of hydrogen-bond acceptors (Lipinski definition) is 6. The van der Waals surface area contributed by atoms with Gasteiger partial charge in [-0.05, 0) is 67.0 Å². The lowest BCUT2D eigenvalue weighted by Gasteiger charge is -2.24. The minimum atomic E-state index is -3.55. The van der Waals surface area contributed by atoms with Gasteiger partial charge in [0.05, 0.1) is 17.5 Å². The summed E-state index contributed by atoms with van der Waals surface area (Å²) < 4.78 is 25.8. The first kappa shape index (κ1) is 26.8.